The van der Waals surface area contributed by atoms with Crippen LogP contribution in [0.4, 0.5) is 0 Å². The molecule has 2 unspecified atom stereocenters. The number of allylic oxidation sites excluding steroid dienone is 2. The van der Waals surface area contributed by atoms with Crippen LogP contribution in [0.1, 0.15) is 103 Å². The summed E-state index contributed by atoms with van der Waals surface area (Å²) in [5.74, 6) is 0. The van der Waals surface area contributed by atoms with Crippen LogP contribution in [0.15, 0.2) is 83.2 Å². The molecule has 1 aliphatic heterocycles. The van der Waals surface area contributed by atoms with Crippen LogP contribution >= 0.6 is 0 Å². The van der Waals surface area contributed by atoms with Crippen LogP contribution in [0, 0.1) is 27.7 Å². The van der Waals surface area contributed by atoms with Gasteiger partial charge in [0.2, 0.25) is 0 Å². The normalized spacial score (nSPS) is 23.8. The van der Waals surface area contributed by atoms with Gasteiger partial charge in [-0.15, -0.1) is 0 Å². The summed E-state index contributed by atoms with van der Waals surface area (Å²) in [4.78, 5) is 0. The van der Waals surface area contributed by atoms with Crippen molar-refractivity contribution in [3.63, 3.8) is 0 Å². The van der Waals surface area contributed by atoms with E-state index in [-0.39, 0.29) is 0 Å². The fraction of sp³-hybridized carbons (Fsp3) is 0.391. The topological polar surface area (TPSA) is 0 Å². The van der Waals surface area contributed by atoms with Crippen LogP contribution in [0.2, 0.25) is 20.4 Å². The molecule has 0 nitrogen and oxygen atoms in total. The molecular weight excluding hydrogens is 759 g/mol. The Morgan fingerprint density at radius 2 is 0.896 bits per heavy atom. The van der Waals surface area contributed by atoms with Gasteiger partial charge in [-0.1, -0.05) is 0 Å². The van der Waals surface area contributed by atoms with Gasteiger partial charge in [-0.2, -0.15) is 0 Å². The monoisotopic (exact) mass is 812 g/mol. The minimum atomic E-state index is -3.15. The van der Waals surface area contributed by atoms with E-state index in [0.717, 1.165) is 11.1 Å². The third-order valence-corrected chi connectivity index (χ3v) is 37.4. The Labute approximate surface area is 295 Å². The second kappa shape index (κ2) is 11.5. The fourth-order valence-corrected chi connectivity index (χ4v) is 46.2. The van der Waals surface area contributed by atoms with Crippen LogP contribution in [0.25, 0.3) is 34.4 Å². The molecular formula is C46H52HfSi. The first kappa shape index (κ1) is 31.4. The molecule has 0 spiro atoms. The number of rotatable bonds is 4. The molecule has 0 radical (unpaired) electrons. The molecule has 48 heavy (non-hydrogen) atoms. The van der Waals surface area contributed by atoms with E-state index < -0.39 is 28.0 Å². The van der Waals surface area contributed by atoms with Crippen molar-refractivity contribution in [2.75, 3.05) is 0 Å². The molecule has 2 atom stereocenters. The molecule has 4 aliphatic carbocycles. The molecule has 1 saturated heterocycles. The van der Waals surface area contributed by atoms with Gasteiger partial charge in [-0.05, 0) is 0 Å². The van der Waals surface area contributed by atoms with Gasteiger partial charge in [0.05, 0.1) is 0 Å². The van der Waals surface area contributed by atoms with Gasteiger partial charge >= 0.3 is 297 Å². The average Bonchev–Trinajstić information content (AvgIpc) is 3.86. The van der Waals surface area contributed by atoms with E-state index in [4.69, 9.17) is 0 Å². The molecule has 5 aliphatic rings. The maximum absolute atomic E-state index is 3.15. The zero-order valence-corrected chi connectivity index (χ0v) is 34.6. The van der Waals surface area contributed by atoms with Gasteiger partial charge in [0.15, 0.2) is 0 Å². The van der Waals surface area contributed by atoms with E-state index in [0.29, 0.717) is 7.35 Å². The van der Waals surface area contributed by atoms with Gasteiger partial charge in [0.1, 0.15) is 0 Å². The molecule has 1 heterocycles. The van der Waals surface area contributed by atoms with E-state index in [9.17, 15) is 0 Å². The van der Waals surface area contributed by atoms with Crippen molar-refractivity contribution >= 4 is 20.2 Å². The summed E-state index contributed by atoms with van der Waals surface area (Å²) >= 11 is -3.15. The standard InChI is InChI=1S/C44H46Si.2CH3.Hf/c1-29-19-30(2)22-35(21-29)41-17-9-11-33-25-39(27-43(33)41)45(37-13-5-6-14-37,38-15-7-8-16-38)40-26-34-12-10-18-42(44(34)28-40)36-23-31(3)20-32(4)24-36;;;/h9-12,17-28,37-38H,5-8,13-16H2,1-4H3;2*1H3;. The fourth-order valence-electron chi connectivity index (χ4n) is 12.3. The van der Waals surface area contributed by atoms with Crippen molar-refractivity contribution in [2.24, 2.45) is 0 Å². The molecule has 0 bridgehead atoms. The summed E-state index contributed by atoms with van der Waals surface area (Å²) in [6, 6.07) is 29.4. The van der Waals surface area contributed by atoms with Gasteiger partial charge in [-0.25, -0.2) is 0 Å². The van der Waals surface area contributed by atoms with E-state index >= 15 is 0 Å². The van der Waals surface area contributed by atoms with Crippen molar-refractivity contribution in [1.82, 2.24) is 0 Å². The number of benzene rings is 4. The number of fused-ring (bicyclic) bond motifs is 6. The Morgan fingerprint density at radius 3 is 1.27 bits per heavy atom. The van der Waals surface area contributed by atoms with Gasteiger partial charge in [0.25, 0.3) is 0 Å². The minimum absolute atomic E-state index is 0.712. The van der Waals surface area contributed by atoms with Crippen LogP contribution in [0.3, 0.4) is 0 Å². The summed E-state index contributed by atoms with van der Waals surface area (Å²) < 4.78 is 7.18. The molecule has 9 rings (SSSR count). The van der Waals surface area contributed by atoms with Crippen molar-refractivity contribution in [1.29, 1.82) is 0 Å². The van der Waals surface area contributed by atoms with E-state index in [1.807, 2.05) is 10.4 Å². The van der Waals surface area contributed by atoms with Crippen molar-refractivity contribution < 1.29 is 20.0 Å². The van der Waals surface area contributed by atoms with Gasteiger partial charge < -0.3 is 0 Å². The Morgan fingerprint density at radius 1 is 0.521 bits per heavy atom. The number of hydrogen-bond acceptors (Lipinski definition) is 0. The first-order chi connectivity index (χ1) is 23.2. The molecule has 4 aromatic carbocycles. The van der Waals surface area contributed by atoms with Crippen molar-refractivity contribution in [3.8, 4) is 22.3 Å². The van der Waals surface area contributed by atoms with Crippen molar-refractivity contribution in [2.45, 2.75) is 107 Å². The maximum atomic E-state index is 2.91. The molecule has 2 heteroatoms. The van der Waals surface area contributed by atoms with E-state index in [1.54, 1.807) is 22.3 Å². The van der Waals surface area contributed by atoms with Gasteiger partial charge in [0, 0.05) is 0 Å². The third kappa shape index (κ3) is 4.53. The molecule has 244 valence electrons. The van der Waals surface area contributed by atoms with Crippen molar-refractivity contribution in [3.05, 3.63) is 128 Å². The van der Waals surface area contributed by atoms with Crippen LogP contribution in [-0.2, 0) is 20.0 Å². The molecule has 3 fully saturated rings. The predicted octanol–water partition coefficient (Wildman–Crippen LogP) is 13.5. The van der Waals surface area contributed by atoms with Crippen LogP contribution < -0.4 is 0 Å². The first-order valence-corrected chi connectivity index (χ1v) is 32.5. The molecule has 0 N–H and O–H groups in total. The second-order valence-electron chi connectivity index (χ2n) is 17.1. The van der Waals surface area contributed by atoms with Crippen LogP contribution in [-0.4, -0.2) is 8.07 Å². The molecule has 0 aromatic heterocycles. The third-order valence-electron chi connectivity index (χ3n) is 13.6. The number of aryl methyl sites for hydroxylation is 4. The van der Waals surface area contributed by atoms with Crippen LogP contribution in [0.5, 0.6) is 0 Å². The molecule has 4 aromatic rings. The van der Waals surface area contributed by atoms with E-state index in [2.05, 4.69) is 122 Å². The second-order valence-corrected chi connectivity index (χ2v) is 38.8. The zero-order valence-electron chi connectivity index (χ0n) is 30.0. The summed E-state index contributed by atoms with van der Waals surface area (Å²) in [5, 5.41) is 4.06. The summed E-state index contributed by atoms with van der Waals surface area (Å²) in [6.07, 6.45) is 17.4. The zero-order chi connectivity index (χ0) is 32.9. The SMILES string of the molecule is Cc1cc(C)cc(-c2cccc3c2C=C2[CH]3[Hf]([CH3])([CH3])[CH]3C(=Cc4c(-c5cc(C)cc(C)c5)cccc43)[Si]2(C2CCCC2)C2CCCC2)c1. The Hall–Kier alpha value is -2.55. The first-order valence-electron chi connectivity index (χ1n) is 19.0. The number of hydrogen-bond donors (Lipinski definition) is 0. The Balaban J connectivity index is 1.34. The molecule has 0 amide bonds. The molecule has 2 saturated carbocycles. The summed E-state index contributed by atoms with van der Waals surface area (Å²) in [7, 11) is -2.07. The summed E-state index contributed by atoms with van der Waals surface area (Å²) in [5.41, 5.74) is 19.8. The average molecular weight is 811 g/mol. The quantitative estimate of drug-likeness (QED) is 0.180. The Bertz CT molecular complexity index is 1840. The predicted molar refractivity (Wildman–Crippen MR) is 206 cm³/mol. The Kier molecular flexibility index (Phi) is 7.52. The van der Waals surface area contributed by atoms with E-state index in [1.165, 1.54) is 95.9 Å². The van der Waals surface area contributed by atoms with Gasteiger partial charge in [-0.3, -0.25) is 0 Å². The summed E-state index contributed by atoms with van der Waals surface area (Å²) in [6.45, 7) is 9.09.